The van der Waals surface area contributed by atoms with E-state index in [1.807, 2.05) is 13.8 Å². The third-order valence-corrected chi connectivity index (χ3v) is 18.9. The van der Waals surface area contributed by atoms with E-state index < -0.39 is 61.9 Å². The van der Waals surface area contributed by atoms with E-state index in [2.05, 4.69) is 10.6 Å². The monoisotopic (exact) mass is 1050 g/mol. The number of anilines is 2. The van der Waals surface area contributed by atoms with Crippen molar-refractivity contribution in [3.8, 4) is 0 Å². The summed E-state index contributed by atoms with van der Waals surface area (Å²) in [6.45, 7) is 5.46. The number of nitrogens with one attached hydrogen (secondary N) is 2. The Morgan fingerprint density at radius 3 is 1.26 bits per heavy atom. The van der Waals surface area contributed by atoms with Gasteiger partial charge in [-0.15, -0.1) is 23.5 Å². The lowest BCUT2D eigenvalue weighted by molar-refractivity contribution is 0.0729. The molecule has 18 nitrogen and oxygen atoms in total. The third-order valence-electron chi connectivity index (χ3n) is 10.6. The van der Waals surface area contributed by atoms with E-state index in [4.69, 9.17) is 9.47 Å². The predicted molar refractivity (Wildman–Crippen MR) is 261 cm³/mol. The van der Waals surface area contributed by atoms with Crippen molar-refractivity contribution in [1.29, 1.82) is 0 Å². The molecule has 0 radical (unpaired) electrons. The highest BCUT2D eigenvalue weighted by atomic mass is 32.2. The fourth-order valence-electron chi connectivity index (χ4n) is 6.98. The summed E-state index contributed by atoms with van der Waals surface area (Å²) in [4.78, 5) is 26.6. The molecule has 2 saturated heterocycles. The lowest BCUT2D eigenvalue weighted by Gasteiger charge is -2.27. The Balaban J connectivity index is 1.24. The van der Waals surface area contributed by atoms with E-state index in [-0.39, 0.29) is 96.0 Å². The fraction of sp³-hybridized carbons (Fsp3) is 0.364. The van der Waals surface area contributed by atoms with Crippen molar-refractivity contribution in [2.45, 2.75) is 68.9 Å². The molecule has 2 heterocycles. The number of hydrogen-bond donors (Lipinski definition) is 4. The van der Waals surface area contributed by atoms with Crippen LogP contribution in [0.3, 0.4) is 0 Å². The van der Waals surface area contributed by atoms with E-state index >= 15 is 0 Å². The number of thioether (sulfide) groups is 2. The number of carbonyl (C=O) groups is 2. The van der Waals surface area contributed by atoms with Gasteiger partial charge in [-0.05, 0) is 96.1 Å². The molecule has 2 aliphatic heterocycles. The maximum absolute atomic E-state index is 13.8. The Labute approximate surface area is 405 Å². The van der Waals surface area contributed by atoms with E-state index in [9.17, 15) is 52.4 Å². The van der Waals surface area contributed by atoms with Gasteiger partial charge in [-0.25, -0.2) is 16.8 Å². The van der Waals surface area contributed by atoms with Crippen LogP contribution in [0.5, 0.6) is 0 Å². The number of rotatable bonds is 20. The summed E-state index contributed by atoms with van der Waals surface area (Å²) in [5.41, 5.74) is -0.571. The number of nitrogens with zero attached hydrogens (tertiary/aromatic N) is 2. The summed E-state index contributed by atoms with van der Waals surface area (Å²) in [6.07, 6.45) is 5.75. The molecule has 2 aliphatic rings. The largest absolute Gasteiger partial charge is 0.379 e. The fourth-order valence-corrected chi connectivity index (χ4v) is 14.4. The Kier molecular flexibility index (Phi) is 18.1. The number of benzene rings is 4. The summed E-state index contributed by atoms with van der Waals surface area (Å²) in [6, 6.07) is 15.5. The standard InChI is InChI=1S/C44H52N4O14S6/c1-3-5-25-63-37-15-11-33(27-41(37)65(51,52)47-17-21-61-22-18-47)43(49)45-35-13-9-31(39(29-35)67(55,56)57)7-8-32-10-14-36(30-40(32)68(58,59)60)46-44(50)34-12-16-38(64-26-6-4-2)42(28-34)66(53,54)48-19-23-62-24-20-48/h7-16,27-30H,3-6,17-26H2,1-2H3,(H,45,49)(H,46,50)(H,55,56,57)(H,58,59,60)/b8-7+. The van der Waals surface area contributed by atoms with Gasteiger partial charge >= 0.3 is 0 Å². The van der Waals surface area contributed by atoms with Crippen molar-refractivity contribution < 1.29 is 61.8 Å². The second kappa shape index (κ2) is 23.2. The Bertz CT molecular complexity index is 2790. The lowest BCUT2D eigenvalue weighted by atomic mass is 10.1. The topological polar surface area (TPSA) is 260 Å². The van der Waals surface area contributed by atoms with Gasteiger partial charge in [-0.1, -0.05) is 51.0 Å². The summed E-state index contributed by atoms with van der Waals surface area (Å²) in [7, 11) is -18.0. The highest BCUT2D eigenvalue weighted by molar-refractivity contribution is 8.00. The number of sulfonamides is 2. The van der Waals surface area contributed by atoms with Crippen molar-refractivity contribution in [1.82, 2.24) is 8.61 Å². The Morgan fingerprint density at radius 2 is 0.926 bits per heavy atom. The molecule has 0 atom stereocenters. The lowest BCUT2D eigenvalue weighted by Crippen LogP contribution is -2.40. The van der Waals surface area contributed by atoms with Crippen LogP contribution in [-0.4, -0.2) is 127 Å². The number of morpholine rings is 2. The second-order valence-electron chi connectivity index (χ2n) is 15.5. The highest BCUT2D eigenvalue weighted by Gasteiger charge is 2.32. The number of carbonyl (C=O) groups excluding carboxylic acids is 2. The molecule has 0 aromatic heterocycles. The minimum absolute atomic E-state index is 0.0392. The minimum Gasteiger partial charge on any atom is -0.379 e. The summed E-state index contributed by atoms with van der Waals surface area (Å²) >= 11 is 2.70. The smallest absolute Gasteiger partial charge is 0.295 e. The predicted octanol–water partition coefficient (Wildman–Crippen LogP) is 6.68. The number of amides is 2. The molecule has 0 saturated carbocycles. The van der Waals surface area contributed by atoms with Gasteiger partial charge in [-0.2, -0.15) is 25.4 Å². The normalized spacial score (nSPS) is 15.6. The first-order chi connectivity index (χ1) is 32.2. The summed E-state index contributed by atoms with van der Waals surface area (Å²) in [5, 5.41) is 5.09. The molecule has 368 valence electrons. The molecule has 68 heavy (non-hydrogen) atoms. The number of hydrogen-bond acceptors (Lipinski definition) is 14. The molecule has 4 aromatic rings. The molecule has 0 aliphatic carbocycles. The van der Waals surface area contributed by atoms with Crippen LogP contribution < -0.4 is 10.6 Å². The highest BCUT2D eigenvalue weighted by Crippen LogP contribution is 2.34. The summed E-state index contributed by atoms with van der Waals surface area (Å²) < 4.78 is 139. The average molecular weight is 1050 g/mol. The first kappa shape index (κ1) is 53.2. The van der Waals surface area contributed by atoms with Gasteiger partial charge in [0.15, 0.2) is 0 Å². The molecule has 24 heteroatoms. The molecular formula is C44H52N4O14S6. The van der Waals surface area contributed by atoms with Crippen molar-refractivity contribution in [3.05, 3.63) is 95.1 Å². The Morgan fingerprint density at radius 1 is 0.559 bits per heavy atom. The van der Waals surface area contributed by atoms with Crippen LogP contribution in [0.2, 0.25) is 0 Å². The summed E-state index contributed by atoms with van der Waals surface area (Å²) in [5.74, 6) is -0.257. The van der Waals surface area contributed by atoms with Crippen LogP contribution >= 0.6 is 23.5 Å². The number of unbranched alkanes of at least 4 members (excludes halogenated alkanes) is 2. The SMILES string of the molecule is CCCCSc1ccc(C(=O)Nc2ccc(/C=C/c3ccc(NC(=O)c4ccc(SCCCC)c(S(=O)(=O)N5CCOCC5)c4)cc3S(=O)(=O)O)c(S(=O)(=O)O)c2)cc1S(=O)(=O)N1CCOCC1. The van der Waals surface area contributed by atoms with Crippen LogP contribution in [-0.2, 0) is 49.8 Å². The van der Waals surface area contributed by atoms with E-state index in [1.54, 1.807) is 12.1 Å². The van der Waals surface area contributed by atoms with Crippen molar-refractivity contribution in [2.24, 2.45) is 0 Å². The number of ether oxygens (including phenoxy) is 2. The maximum Gasteiger partial charge on any atom is 0.295 e. The van der Waals surface area contributed by atoms with Gasteiger partial charge in [0, 0.05) is 58.5 Å². The first-order valence-electron chi connectivity index (χ1n) is 21.5. The van der Waals surface area contributed by atoms with E-state index in [0.29, 0.717) is 21.3 Å². The third kappa shape index (κ3) is 13.4. The average Bonchev–Trinajstić information content (AvgIpc) is 3.31. The molecular weight excluding hydrogens is 1000 g/mol. The second-order valence-corrected chi connectivity index (χ2v) is 24.3. The van der Waals surface area contributed by atoms with Gasteiger partial charge in [0.05, 0.1) is 36.2 Å². The van der Waals surface area contributed by atoms with Crippen LogP contribution in [0.1, 0.15) is 71.4 Å². The van der Waals surface area contributed by atoms with Crippen molar-refractivity contribution >= 4 is 99.1 Å². The van der Waals surface area contributed by atoms with Gasteiger partial charge < -0.3 is 20.1 Å². The van der Waals surface area contributed by atoms with Crippen molar-refractivity contribution in [2.75, 3.05) is 74.7 Å². The maximum atomic E-state index is 13.8. The molecule has 2 amide bonds. The molecule has 4 N–H and O–H groups in total. The molecule has 4 aromatic carbocycles. The molecule has 6 rings (SSSR count). The molecule has 2 fully saturated rings. The Hall–Kier alpha value is -4.18. The van der Waals surface area contributed by atoms with Crippen LogP contribution in [0.25, 0.3) is 12.2 Å². The zero-order valence-corrected chi connectivity index (χ0v) is 42.0. The van der Waals surface area contributed by atoms with Gasteiger partial charge in [0.25, 0.3) is 32.1 Å². The molecule has 0 spiro atoms. The van der Waals surface area contributed by atoms with E-state index in [1.165, 1.54) is 80.7 Å². The van der Waals surface area contributed by atoms with Crippen molar-refractivity contribution in [3.63, 3.8) is 0 Å². The van der Waals surface area contributed by atoms with Crippen LogP contribution in [0.4, 0.5) is 11.4 Å². The first-order valence-corrected chi connectivity index (χ1v) is 29.2. The van der Waals surface area contributed by atoms with Gasteiger partial charge in [0.2, 0.25) is 20.0 Å². The molecule has 0 bridgehead atoms. The zero-order valence-electron chi connectivity index (χ0n) is 37.1. The molecule has 0 unspecified atom stereocenters. The van der Waals surface area contributed by atoms with Gasteiger partial charge in [-0.3, -0.25) is 18.7 Å². The minimum atomic E-state index is -4.99. The zero-order chi connectivity index (χ0) is 49.3. The van der Waals surface area contributed by atoms with Crippen LogP contribution in [0, 0.1) is 0 Å². The van der Waals surface area contributed by atoms with E-state index in [0.717, 1.165) is 50.0 Å². The van der Waals surface area contributed by atoms with Crippen LogP contribution in [0.15, 0.2) is 102 Å². The quantitative estimate of drug-likeness (QED) is 0.0311. The van der Waals surface area contributed by atoms with Gasteiger partial charge in [0.1, 0.15) is 9.79 Å².